The molecule has 4 atom stereocenters. The normalized spacial score (nSPS) is 17.6. The summed E-state index contributed by atoms with van der Waals surface area (Å²) in [7, 11) is 0. The van der Waals surface area contributed by atoms with Crippen molar-refractivity contribution in [2.24, 2.45) is 21.8 Å². The first-order valence-corrected chi connectivity index (χ1v) is 24.1. The Bertz CT molecular complexity index is 3540. The zero-order valence-corrected chi connectivity index (χ0v) is 40.8. The summed E-state index contributed by atoms with van der Waals surface area (Å²) in [4.78, 5) is 31.2. The molecule has 10 aromatic rings. The number of hydrogen-bond acceptors (Lipinski definition) is 6. The van der Waals surface area contributed by atoms with E-state index in [1.165, 1.54) is 44.2 Å². The summed E-state index contributed by atoms with van der Waals surface area (Å²) in [5.41, 5.74) is 17.9. The second-order valence-corrected chi connectivity index (χ2v) is 17.8. The van der Waals surface area contributed by atoms with Crippen molar-refractivity contribution in [1.82, 2.24) is 24.9 Å². The summed E-state index contributed by atoms with van der Waals surface area (Å²) in [5, 5.41) is 2.41. The average Bonchev–Trinajstić information content (AvgIpc) is 3.85. The molecule has 2 aliphatic heterocycles. The fraction of sp³-hybridized carbons (Fsp3) is 0.0625. The van der Waals surface area contributed by atoms with Crippen LogP contribution < -0.4 is 0 Å². The van der Waals surface area contributed by atoms with Crippen LogP contribution in [0.4, 0.5) is 0 Å². The standard InChI is InChI=1S/2C24H18N2.C16H11N3.Ru/c2*1-3-7-17(8-4-1)19-13-15-25-23-21(19)11-12-22-20(14-16-26-24(22)23)18-9-5-2-6-10-18;1-2-6-13-11(5-1)12-8-10-18-16(15(12)19-13)14-7-3-4-9-17-14;/h2*1-16,19,21H;1-10,19H;/q;;;+2. The van der Waals surface area contributed by atoms with E-state index in [1.807, 2.05) is 73.5 Å². The first-order valence-electron chi connectivity index (χ1n) is 24.1. The van der Waals surface area contributed by atoms with Crippen LogP contribution in [0, 0.1) is 11.8 Å². The number of H-pyrrole nitrogens is 1. The molecule has 0 fully saturated rings. The Kier molecular flexibility index (Phi) is 13.2. The van der Waals surface area contributed by atoms with Gasteiger partial charge in [-0.2, -0.15) is 0 Å². The minimum Gasteiger partial charge on any atom is -0.353 e. The molecule has 14 rings (SSSR count). The number of nitrogens with zero attached hydrogens (tertiary/aromatic N) is 6. The third-order valence-electron chi connectivity index (χ3n) is 13.7. The average molecular weight is 1020 g/mol. The number of fused-ring (bicyclic) bond motifs is 9. The molecule has 1 N–H and O–H groups in total. The summed E-state index contributed by atoms with van der Waals surface area (Å²) in [6.45, 7) is 0. The van der Waals surface area contributed by atoms with E-state index < -0.39 is 0 Å². The van der Waals surface area contributed by atoms with Crippen LogP contribution in [0.3, 0.4) is 0 Å². The minimum atomic E-state index is 0. The monoisotopic (exact) mass is 1020 g/mol. The van der Waals surface area contributed by atoms with Crippen LogP contribution in [-0.2, 0) is 19.5 Å². The first kappa shape index (κ1) is 45.8. The van der Waals surface area contributed by atoms with Gasteiger partial charge in [-0.1, -0.05) is 182 Å². The number of benzene rings is 5. The molecule has 344 valence electrons. The molecule has 0 radical (unpaired) electrons. The zero-order valence-electron chi connectivity index (χ0n) is 39.1. The summed E-state index contributed by atoms with van der Waals surface area (Å²) >= 11 is 0. The van der Waals surface area contributed by atoms with E-state index in [-0.39, 0.29) is 31.3 Å². The summed E-state index contributed by atoms with van der Waals surface area (Å²) in [6.07, 6.45) is 24.7. The zero-order chi connectivity index (χ0) is 47.3. The van der Waals surface area contributed by atoms with Crippen molar-refractivity contribution >= 4 is 45.4 Å². The predicted octanol–water partition coefficient (Wildman–Crippen LogP) is 14.8. The van der Waals surface area contributed by atoms with Crippen LogP contribution in [0.5, 0.6) is 0 Å². The van der Waals surface area contributed by atoms with E-state index in [1.54, 1.807) is 6.20 Å². The maximum atomic E-state index is 4.73. The van der Waals surface area contributed by atoms with E-state index in [0.29, 0.717) is 11.8 Å². The molecular formula is C64H47N7Ru+2. The van der Waals surface area contributed by atoms with Crippen LogP contribution in [0.25, 0.3) is 67.6 Å². The van der Waals surface area contributed by atoms with Crippen molar-refractivity contribution in [1.29, 1.82) is 0 Å². The van der Waals surface area contributed by atoms with Gasteiger partial charge in [0.05, 0.1) is 34.0 Å². The largest absolute Gasteiger partial charge is 2.00 e. The number of allylic oxidation sites excluding steroid dienone is 4. The molecule has 5 aromatic heterocycles. The number of aliphatic imine (C=N–C) groups is 2. The molecule has 72 heavy (non-hydrogen) atoms. The van der Waals surface area contributed by atoms with Crippen molar-refractivity contribution in [3.63, 3.8) is 0 Å². The first-order chi connectivity index (χ1) is 35.3. The molecule has 0 spiro atoms. The van der Waals surface area contributed by atoms with Gasteiger partial charge in [-0.3, -0.25) is 29.9 Å². The van der Waals surface area contributed by atoms with Gasteiger partial charge in [0.2, 0.25) is 0 Å². The van der Waals surface area contributed by atoms with Crippen molar-refractivity contribution in [2.45, 2.75) is 11.8 Å². The van der Waals surface area contributed by atoms with Crippen molar-refractivity contribution in [3.05, 3.63) is 277 Å². The molecular weight excluding hydrogens is 968 g/mol. The van der Waals surface area contributed by atoms with Gasteiger partial charge < -0.3 is 4.98 Å². The summed E-state index contributed by atoms with van der Waals surface area (Å²) < 4.78 is 0. The number of nitrogens with one attached hydrogen (secondary N) is 1. The van der Waals surface area contributed by atoms with Gasteiger partial charge in [-0.25, -0.2) is 0 Å². The Hall–Kier alpha value is -8.58. The molecule has 2 aliphatic carbocycles. The van der Waals surface area contributed by atoms with E-state index in [0.717, 1.165) is 56.4 Å². The van der Waals surface area contributed by atoms with E-state index >= 15 is 0 Å². The quantitative estimate of drug-likeness (QED) is 0.174. The third kappa shape index (κ3) is 8.94. The Labute approximate surface area is 431 Å². The van der Waals surface area contributed by atoms with Crippen LogP contribution in [0.1, 0.15) is 45.5 Å². The predicted molar refractivity (Wildman–Crippen MR) is 291 cm³/mol. The number of pyridine rings is 4. The van der Waals surface area contributed by atoms with Gasteiger partial charge in [0, 0.05) is 88.3 Å². The van der Waals surface area contributed by atoms with Gasteiger partial charge in [0.25, 0.3) is 0 Å². The number of aromatic amines is 1. The van der Waals surface area contributed by atoms with Gasteiger partial charge >= 0.3 is 19.5 Å². The topological polar surface area (TPSA) is 92.1 Å². The molecule has 0 amide bonds. The fourth-order valence-corrected chi connectivity index (χ4v) is 10.3. The molecule has 0 saturated carbocycles. The fourth-order valence-electron chi connectivity index (χ4n) is 10.3. The van der Waals surface area contributed by atoms with Gasteiger partial charge in [0.1, 0.15) is 5.69 Å². The van der Waals surface area contributed by atoms with Crippen LogP contribution in [0.2, 0.25) is 0 Å². The van der Waals surface area contributed by atoms with Crippen molar-refractivity contribution in [3.8, 4) is 33.6 Å². The van der Waals surface area contributed by atoms with Crippen molar-refractivity contribution < 1.29 is 19.5 Å². The SMILES string of the molecule is C1=CC(c2ccccc2)C2C=Cc3c(-c4ccccc4)ccnc3C2=N1.C1=CC(c2ccccc2)C2C=Cc3c(-c4ccccc4)ccnc3C2=N1.[Ru+2].c1ccc(-c2nccc3c2[nH]c2ccccc23)nc1. The number of para-hydroxylation sites is 1. The van der Waals surface area contributed by atoms with Crippen LogP contribution in [-0.4, -0.2) is 36.3 Å². The molecule has 7 nitrogen and oxygen atoms in total. The third-order valence-corrected chi connectivity index (χ3v) is 13.7. The molecule has 5 aromatic carbocycles. The van der Waals surface area contributed by atoms with E-state index in [2.05, 4.69) is 191 Å². The van der Waals surface area contributed by atoms with Crippen LogP contribution in [0.15, 0.2) is 253 Å². The number of rotatable bonds is 5. The summed E-state index contributed by atoms with van der Waals surface area (Å²) in [6, 6.07) is 62.6. The van der Waals surface area contributed by atoms with Gasteiger partial charge in [0.15, 0.2) is 0 Å². The van der Waals surface area contributed by atoms with E-state index in [9.17, 15) is 0 Å². The van der Waals surface area contributed by atoms with Crippen LogP contribution >= 0.6 is 0 Å². The minimum absolute atomic E-state index is 0. The molecule has 0 saturated heterocycles. The Morgan fingerprint density at radius 2 is 0.833 bits per heavy atom. The maximum absolute atomic E-state index is 4.73. The van der Waals surface area contributed by atoms with Gasteiger partial charge in [-0.15, -0.1) is 0 Å². The Morgan fingerprint density at radius 3 is 1.36 bits per heavy atom. The number of aromatic nitrogens is 5. The number of hydrogen-bond donors (Lipinski definition) is 1. The van der Waals surface area contributed by atoms with Gasteiger partial charge in [-0.05, 0) is 69.8 Å². The second-order valence-electron chi connectivity index (χ2n) is 17.8. The molecule has 4 aliphatic rings. The maximum Gasteiger partial charge on any atom is 2.00 e. The Balaban J connectivity index is 0.000000117. The summed E-state index contributed by atoms with van der Waals surface area (Å²) in [5.74, 6) is 1.06. The molecule has 7 heterocycles. The molecule has 4 unspecified atom stereocenters. The second kappa shape index (κ2) is 20.8. The smallest absolute Gasteiger partial charge is 0.353 e. The van der Waals surface area contributed by atoms with Crippen molar-refractivity contribution in [2.75, 3.05) is 0 Å². The molecule has 0 bridgehead atoms. The van der Waals surface area contributed by atoms with E-state index in [4.69, 9.17) is 20.0 Å². The molecule has 8 heteroatoms. The Morgan fingerprint density at radius 1 is 0.361 bits per heavy atom.